The van der Waals surface area contributed by atoms with E-state index in [1.54, 1.807) is 50.4 Å². The normalized spacial score (nSPS) is 17.7. The molecule has 0 bridgehead atoms. The summed E-state index contributed by atoms with van der Waals surface area (Å²) in [4.78, 5) is 39.8. The van der Waals surface area contributed by atoms with Gasteiger partial charge >= 0.3 is 18.4 Å². The highest BCUT2D eigenvalue weighted by Gasteiger charge is 2.58. The Balaban J connectivity index is 1.80. The highest BCUT2D eigenvalue weighted by Crippen LogP contribution is 2.40. The number of amides is 3. The summed E-state index contributed by atoms with van der Waals surface area (Å²) in [6, 6.07) is 8.31. The summed E-state index contributed by atoms with van der Waals surface area (Å²) >= 11 is 6.02. The minimum atomic E-state index is -5.13. The quantitative estimate of drug-likeness (QED) is 0.311. The van der Waals surface area contributed by atoms with Crippen molar-refractivity contribution in [2.24, 2.45) is 0 Å². The standard InChI is InChI=1S/C31H35ClF3N5O8S/c1-28(2,3)47-26(42)36-20-16-49(44,45)22-13-10-18(14-21(22)40(24(20)41)15-17-8-11-19(32)12-9-17)23-38-39-25(46-23)30(7,31(33,34)35)37-27(43)48-29(4,5)6/h8-14,20H,15-16H2,1-7H3,(H,36,42)(H,37,43)/t20-,30?/m0/s1. The van der Waals surface area contributed by atoms with Gasteiger partial charge in [-0.15, -0.1) is 10.2 Å². The van der Waals surface area contributed by atoms with Gasteiger partial charge in [0.2, 0.25) is 11.4 Å². The van der Waals surface area contributed by atoms with Crippen LogP contribution in [0.15, 0.2) is 51.8 Å². The maximum atomic E-state index is 14.3. The first kappa shape index (κ1) is 37.4. The molecule has 266 valence electrons. The van der Waals surface area contributed by atoms with Crippen LogP contribution in [0.1, 0.15) is 59.9 Å². The van der Waals surface area contributed by atoms with E-state index in [0.717, 1.165) is 11.0 Å². The fourth-order valence-electron chi connectivity index (χ4n) is 4.60. The van der Waals surface area contributed by atoms with Crippen molar-refractivity contribution >= 4 is 45.2 Å². The van der Waals surface area contributed by atoms with E-state index in [1.165, 1.54) is 32.9 Å². The van der Waals surface area contributed by atoms with Crippen LogP contribution in [0.3, 0.4) is 0 Å². The van der Waals surface area contributed by atoms with Crippen molar-refractivity contribution in [2.75, 3.05) is 10.7 Å². The number of nitrogens with one attached hydrogen (secondary N) is 2. The topological polar surface area (TPSA) is 170 Å². The number of nitrogens with zero attached hydrogens (tertiary/aromatic N) is 3. The van der Waals surface area contributed by atoms with Crippen LogP contribution in [0, 0.1) is 0 Å². The number of anilines is 1. The molecule has 49 heavy (non-hydrogen) atoms. The predicted octanol–water partition coefficient (Wildman–Crippen LogP) is 5.91. The first-order valence-electron chi connectivity index (χ1n) is 14.7. The minimum absolute atomic E-state index is 0.0537. The SMILES string of the molecule is CC(C)(C)OC(=O)N[C@H]1CS(=O)(=O)c2ccc(-c3nnc(C(C)(NC(=O)OC(C)(C)C)C(F)(F)F)o3)cc2N(Cc2ccc(Cl)cc2)C1=O. The average molecular weight is 730 g/mol. The van der Waals surface area contributed by atoms with E-state index in [1.807, 2.05) is 0 Å². The van der Waals surface area contributed by atoms with Crippen molar-refractivity contribution in [1.29, 1.82) is 0 Å². The highest BCUT2D eigenvalue weighted by atomic mass is 35.5. The van der Waals surface area contributed by atoms with Crippen LogP contribution in [0.4, 0.5) is 28.4 Å². The van der Waals surface area contributed by atoms with Gasteiger partial charge < -0.3 is 24.1 Å². The summed E-state index contributed by atoms with van der Waals surface area (Å²) in [7, 11) is -4.28. The van der Waals surface area contributed by atoms with Crippen molar-refractivity contribution in [2.45, 2.75) is 88.9 Å². The monoisotopic (exact) mass is 729 g/mol. The Morgan fingerprint density at radius 3 is 2.12 bits per heavy atom. The lowest BCUT2D eigenvalue weighted by molar-refractivity contribution is -0.199. The molecule has 3 aromatic rings. The Morgan fingerprint density at radius 1 is 0.959 bits per heavy atom. The second-order valence-electron chi connectivity index (χ2n) is 13.4. The average Bonchev–Trinajstić information content (AvgIpc) is 3.42. The van der Waals surface area contributed by atoms with E-state index in [9.17, 15) is 36.0 Å². The number of hydrogen-bond donors (Lipinski definition) is 2. The van der Waals surface area contributed by atoms with Crippen molar-refractivity contribution in [3.63, 3.8) is 0 Å². The lowest BCUT2D eigenvalue weighted by Crippen LogP contribution is -2.55. The summed E-state index contributed by atoms with van der Waals surface area (Å²) < 4.78 is 86.0. The van der Waals surface area contributed by atoms with E-state index >= 15 is 0 Å². The van der Waals surface area contributed by atoms with E-state index in [4.69, 9.17) is 25.5 Å². The molecule has 0 spiro atoms. The molecule has 0 fully saturated rings. The maximum Gasteiger partial charge on any atom is 0.420 e. The lowest BCUT2D eigenvalue weighted by atomic mass is 10.0. The number of aromatic nitrogens is 2. The zero-order chi connectivity index (χ0) is 36.7. The van der Waals surface area contributed by atoms with Crippen LogP contribution in [-0.4, -0.2) is 65.9 Å². The van der Waals surface area contributed by atoms with Crippen molar-refractivity contribution in [1.82, 2.24) is 20.8 Å². The molecule has 2 aromatic carbocycles. The van der Waals surface area contributed by atoms with E-state index in [2.05, 4.69) is 15.5 Å². The molecule has 2 atom stereocenters. The first-order chi connectivity index (χ1) is 22.4. The molecule has 1 aliphatic heterocycles. The third-order valence-electron chi connectivity index (χ3n) is 6.90. The Morgan fingerprint density at radius 2 is 1.55 bits per heavy atom. The fraction of sp³-hybridized carbons (Fsp3) is 0.452. The van der Waals surface area contributed by atoms with Gasteiger partial charge in [-0.2, -0.15) is 13.2 Å². The van der Waals surface area contributed by atoms with Gasteiger partial charge in [-0.05, 0) is 84.4 Å². The largest absolute Gasteiger partial charge is 0.444 e. The first-order valence-corrected chi connectivity index (χ1v) is 16.8. The van der Waals surface area contributed by atoms with Gasteiger partial charge in [-0.1, -0.05) is 23.7 Å². The number of fused-ring (bicyclic) bond motifs is 1. The summed E-state index contributed by atoms with van der Waals surface area (Å²) in [5, 5.41) is 11.8. The molecule has 1 aromatic heterocycles. The van der Waals surface area contributed by atoms with Gasteiger partial charge in [-0.25, -0.2) is 18.0 Å². The lowest BCUT2D eigenvalue weighted by Gasteiger charge is -2.30. The van der Waals surface area contributed by atoms with Crippen molar-refractivity contribution in [3.8, 4) is 11.5 Å². The van der Waals surface area contributed by atoms with Crippen LogP contribution in [0.2, 0.25) is 5.02 Å². The molecule has 0 saturated carbocycles. The van der Waals surface area contributed by atoms with Crippen molar-refractivity contribution < 1.29 is 49.9 Å². The van der Waals surface area contributed by atoms with E-state index in [0.29, 0.717) is 17.5 Å². The molecule has 1 aliphatic rings. The Labute approximate surface area is 285 Å². The molecule has 2 N–H and O–H groups in total. The molecular formula is C31H35ClF3N5O8S. The summed E-state index contributed by atoms with van der Waals surface area (Å²) in [6.07, 6.45) is -7.55. The molecule has 0 aliphatic carbocycles. The molecule has 0 radical (unpaired) electrons. The predicted molar refractivity (Wildman–Crippen MR) is 170 cm³/mol. The Kier molecular flexibility index (Phi) is 10.0. The third-order valence-corrected chi connectivity index (χ3v) is 8.94. The van der Waals surface area contributed by atoms with Crippen LogP contribution in [-0.2, 0) is 36.2 Å². The number of benzene rings is 2. The number of alkyl halides is 3. The van der Waals surface area contributed by atoms with E-state index in [-0.39, 0.29) is 22.7 Å². The van der Waals surface area contributed by atoms with Gasteiger partial charge in [-0.3, -0.25) is 10.1 Å². The zero-order valence-corrected chi connectivity index (χ0v) is 29.1. The maximum absolute atomic E-state index is 14.3. The number of rotatable bonds is 6. The van der Waals surface area contributed by atoms with Gasteiger partial charge in [0.15, 0.2) is 9.84 Å². The number of sulfone groups is 1. The fourth-order valence-corrected chi connectivity index (χ4v) is 6.33. The number of halogens is 4. The summed E-state index contributed by atoms with van der Waals surface area (Å²) in [5.74, 6) is -3.17. The van der Waals surface area contributed by atoms with Crippen LogP contribution in [0.5, 0.6) is 0 Å². The third kappa shape index (κ3) is 8.81. The smallest absolute Gasteiger partial charge is 0.420 e. The highest BCUT2D eigenvalue weighted by molar-refractivity contribution is 7.91. The van der Waals surface area contributed by atoms with Crippen molar-refractivity contribution in [3.05, 3.63) is 58.9 Å². The molecule has 2 heterocycles. The second-order valence-corrected chi connectivity index (χ2v) is 15.8. The molecule has 18 heteroatoms. The van der Waals surface area contributed by atoms with Crippen LogP contribution >= 0.6 is 11.6 Å². The number of hydrogen-bond acceptors (Lipinski definition) is 10. The number of alkyl carbamates (subject to hydrolysis) is 2. The zero-order valence-electron chi connectivity index (χ0n) is 27.6. The Hall–Kier alpha value is -4.38. The molecule has 4 rings (SSSR count). The van der Waals surface area contributed by atoms with Crippen LogP contribution < -0.4 is 15.5 Å². The van der Waals surface area contributed by atoms with Gasteiger partial charge in [0.05, 0.1) is 22.9 Å². The molecule has 0 saturated heterocycles. The van der Waals surface area contributed by atoms with Gasteiger partial charge in [0.25, 0.3) is 11.8 Å². The minimum Gasteiger partial charge on any atom is -0.444 e. The number of carbonyl (C=O) groups is 3. The van der Waals surface area contributed by atoms with Gasteiger partial charge in [0, 0.05) is 10.6 Å². The van der Waals surface area contributed by atoms with Gasteiger partial charge in [0.1, 0.15) is 17.2 Å². The van der Waals surface area contributed by atoms with E-state index < -0.39 is 74.4 Å². The molecule has 1 unspecified atom stereocenters. The number of ether oxygens (including phenoxy) is 2. The molecule has 3 amide bonds. The summed E-state index contributed by atoms with van der Waals surface area (Å²) in [6.45, 7) is 9.60. The molecular weight excluding hydrogens is 695 g/mol. The van der Waals surface area contributed by atoms with Crippen LogP contribution in [0.25, 0.3) is 11.5 Å². The summed E-state index contributed by atoms with van der Waals surface area (Å²) in [5.41, 5.74) is -4.95. The molecule has 13 nitrogen and oxygen atoms in total. The second kappa shape index (κ2) is 13.2. The number of carbonyl (C=O) groups excluding carboxylic acids is 3. The Bertz CT molecular complexity index is 1850.